The number of aliphatic hydroxyl groups excluding tert-OH is 1. The summed E-state index contributed by atoms with van der Waals surface area (Å²) in [6.07, 6.45) is 3.00. The first-order chi connectivity index (χ1) is 13.6. The molecule has 3 rings (SSSR count). The van der Waals surface area contributed by atoms with Gasteiger partial charge in [0.25, 0.3) is 5.91 Å². The van der Waals surface area contributed by atoms with Gasteiger partial charge in [-0.2, -0.15) is 0 Å². The van der Waals surface area contributed by atoms with Crippen LogP contribution in [0.3, 0.4) is 0 Å². The Morgan fingerprint density at radius 3 is 2.69 bits per heavy atom. The van der Waals surface area contributed by atoms with Gasteiger partial charge in [0.15, 0.2) is 5.60 Å². The second kappa shape index (κ2) is 8.27. The largest absolute Gasteiger partial charge is 0.478 e. The third kappa shape index (κ3) is 4.31. The number of hydrogen-bond acceptors (Lipinski definition) is 4. The van der Waals surface area contributed by atoms with Crippen molar-refractivity contribution in [1.82, 2.24) is 9.80 Å². The van der Waals surface area contributed by atoms with Crippen molar-refractivity contribution in [2.75, 3.05) is 33.3 Å². The Morgan fingerprint density at radius 1 is 1.31 bits per heavy atom. The van der Waals surface area contributed by atoms with Crippen LogP contribution >= 0.6 is 0 Å². The van der Waals surface area contributed by atoms with E-state index in [2.05, 4.69) is 37.9 Å². The molecule has 2 atom stereocenters. The zero-order valence-electron chi connectivity index (χ0n) is 19.0. The zero-order valence-corrected chi connectivity index (χ0v) is 19.0. The number of likely N-dealkylation sites (tertiary alicyclic amines) is 2. The van der Waals surface area contributed by atoms with Crippen molar-refractivity contribution in [3.8, 4) is 5.75 Å². The molecule has 0 radical (unpaired) electrons. The molecule has 0 spiro atoms. The molecule has 0 bridgehead atoms. The van der Waals surface area contributed by atoms with Crippen LogP contribution in [0, 0.1) is 12.3 Å². The molecule has 1 amide bonds. The number of benzene rings is 1. The summed E-state index contributed by atoms with van der Waals surface area (Å²) in [6, 6.07) is 6.44. The van der Waals surface area contributed by atoms with Gasteiger partial charge in [0.05, 0.1) is 6.61 Å². The first-order valence-electron chi connectivity index (χ1n) is 11.0. The predicted octanol–water partition coefficient (Wildman–Crippen LogP) is 3.58. The molecule has 0 aromatic heterocycles. The number of ether oxygens (including phenoxy) is 1. The van der Waals surface area contributed by atoms with E-state index in [1.807, 2.05) is 31.7 Å². The van der Waals surface area contributed by atoms with Gasteiger partial charge in [0, 0.05) is 24.5 Å². The molecule has 2 fully saturated rings. The summed E-state index contributed by atoms with van der Waals surface area (Å²) in [5.41, 5.74) is 1.24. The maximum atomic E-state index is 13.5. The van der Waals surface area contributed by atoms with Gasteiger partial charge in [-0.15, -0.1) is 0 Å². The average Bonchev–Trinajstić information content (AvgIpc) is 2.67. The zero-order chi connectivity index (χ0) is 21.4. The first kappa shape index (κ1) is 22.1. The van der Waals surface area contributed by atoms with E-state index in [4.69, 9.17) is 4.74 Å². The number of amides is 1. The van der Waals surface area contributed by atoms with Crippen molar-refractivity contribution in [2.24, 2.45) is 5.41 Å². The highest BCUT2D eigenvalue weighted by Crippen LogP contribution is 2.42. The quantitative estimate of drug-likeness (QED) is 0.818. The number of fused-ring (bicyclic) bond motifs is 1. The van der Waals surface area contributed by atoms with E-state index in [0.29, 0.717) is 19.0 Å². The number of carbonyl (C=O) groups is 1. The fourth-order valence-electron chi connectivity index (χ4n) is 5.11. The van der Waals surface area contributed by atoms with Crippen molar-refractivity contribution < 1.29 is 14.6 Å². The van der Waals surface area contributed by atoms with Gasteiger partial charge in [-0.05, 0) is 76.7 Å². The fraction of sp³-hybridized carbons (Fsp3) is 0.708. The molecular formula is C24H38N2O3. The van der Waals surface area contributed by atoms with Crippen LogP contribution in [0.5, 0.6) is 5.75 Å². The van der Waals surface area contributed by atoms with Crippen molar-refractivity contribution in [1.29, 1.82) is 0 Å². The van der Waals surface area contributed by atoms with E-state index in [-0.39, 0.29) is 24.0 Å². The van der Waals surface area contributed by atoms with E-state index in [0.717, 1.165) is 42.7 Å². The molecule has 5 nitrogen and oxygen atoms in total. The number of aryl methyl sites for hydroxylation is 1. The second-order valence-electron chi connectivity index (χ2n) is 9.93. The summed E-state index contributed by atoms with van der Waals surface area (Å²) in [7, 11) is 2.12. The van der Waals surface area contributed by atoms with E-state index in [1.54, 1.807) is 0 Å². The lowest BCUT2D eigenvalue weighted by atomic mass is 9.69. The normalized spacial score (nSPS) is 25.8. The van der Waals surface area contributed by atoms with Gasteiger partial charge in [-0.3, -0.25) is 4.79 Å². The maximum absolute atomic E-state index is 13.5. The van der Waals surface area contributed by atoms with Gasteiger partial charge in [-0.25, -0.2) is 0 Å². The van der Waals surface area contributed by atoms with Gasteiger partial charge < -0.3 is 19.6 Å². The van der Waals surface area contributed by atoms with E-state index in [1.165, 1.54) is 0 Å². The van der Waals surface area contributed by atoms with Gasteiger partial charge >= 0.3 is 0 Å². The summed E-state index contributed by atoms with van der Waals surface area (Å²) >= 11 is 0. The summed E-state index contributed by atoms with van der Waals surface area (Å²) < 4.78 is 6.35. The van der Waals surface area contributed by atoms with Crippen LogP contribution in [-0.2, 0) is 4.79 Å². The number of nitrogens with zero attached hydrogens (tertiary/aromatic N) is 2. The molecule has 0 saturated carbocycles. The minimum absolute atomic E-state index is 0.0271. The molecule has 5 heteroatoms. The topological polar surface area (TPSA) is 53.0 Å². The van der Waals surface area contributed by atoms with E-state index < -0.39 is 5.60 Å². The number of aliphatic hydroxyl groups is 1. The molecule has 1 aromatic rings. The van der Waals surface area contributed by atoms with Crippen molar-refractivity contribution in [2.45, 2.75) is 71.4 Å². The maximum Gasteiger partial charge on any atom is 0.266 e. The van der Waals surface area contributed by atoms with Crippen LogP contribution in [0.2, 0.25) is 0 Å². The minimum Gasteiger partial charge on any atom is -0.478 e. The molecule has 162 valence electrons. The highest BCUT2D eigenvalue weighted by molar-refractivity contribution is 5.85. The Balaban J connectivity index is 1.79. The SMILES string of the molecule is Cc1ccc(C(C)C)c(OC(C)(C)C(=O)N2CC[C@@]3(CO)CCCN(C)[C@@H]3C2)c1. The molecule has 1 aromatic carbocycles. The lowest BCUT2D eigenvalue weighted by molar-refractivity contribution is -0.153. The predicted molar refractivity (Wildman–Crippen MR) is 116 cm³/mol. The number of rotatable bonds is 5. The van der Waals surface area contributed by atoms with Crippen LogP contribution in [0.1, 0.15) is 64.0 Å². The second-order valence-corrected chi connectivity index (χ2v) is 9.93. The number of piperidine rings is 2. The first-order valence-corrected chi connectivity index (χ1v) is 11.0. The Bertz CT molecular complexity index is 746. The van der Waals surface area contributed by atoms with Crippen LogP contribution in [0.15, 0.2) is 18.2 Å². The minimum atomic E-state index is -0.941. The molecule has 0 unspecified atom stereocenters. The van der Waals surface area contributed by atoms with Gasteiger partial charge in [0.1, 0.15) is 5.75 Å². The van der Waals surface area contributed by atoms with Crippen LogP contribution in [0.25, 0.3) is 0 Å². The van der Waals surface area contributed by atoms with Crippen LogP contribution in [0.4, 0.5) is 0 Å². The Labute approximate surface area is 176 Å². The van der Waals surface area contributed by atoms with Crippen molar-refractivity contribution >= 4 is 5.91 Å². The molecule has 2 aliphatic rings. The fourth-order valence-corrected chi connectivity index (χ4v) is 5.11. The highest BCUT2D eigenvalue weighted by atomic mass is 16.5. The summed E-state index contributed by atoms with van der Waals surface area (Å²) in [5, 5.41) is 10.1. The Morgan fingerprint density at radius 2 is 2.03 bits per heavy atom. The standard InChI is InChI=1S/C24H38N2O3/c1-17(2)19-9-8-18(3)14-20(19)29-23(4,5)22(28)26-13-11-24(16-27)10-7-12-25(6)21(24)15-26/h8-9,14,17,21,27H,7,10-13,15-16H2,1-6H3/t21-,24-/m1/s1. The number of carbonyl (C=O) groups excluding carboxylic acids is 1. The lowest BCUT2D eigenvalue weighted by Gasteiger charge is -2.54. The third-order valence-electron chi connectivity index (χ3n) is 6.97. The highest BCUT2D eigenvalue weighted by Gasteiger charge is 2.49. The average molecular weight is 403 g/mol. The lowest BCUT2D eigenvalue weighted by Crippen LogP contribution is -2.64. The number of hydrogen-bond donors (Lipinski definition) is 1. The van der Waals surface area contributed by atoms with E-state index >= 15 is 0 Å². The molecule has 1 N–H and O–H groups in total. The molecule has 0 aliphatic carbocycles. The van der Waals surface area contributed by atoms with Crippen LogP contribution in [-0.4, -0.2) is 65.7 Å². The Kier molecular flexibility index (Phi) is 6.30. The smallest absolute Gasteiger partial charge is 0.266 e. The summed E-state index contributed by atoms with van der Waals surface area (Å²) in [5.74, 6) is 1.15. The Hall–Kier alpha value is -1.59. The van der Waals surface area contributed by atoms with E-state index in [9.17, 15) is 9.90 Å². The summed E-state index contributed by atoms with van der Waals surface area (Å²) in [4.78, 5) is 17.8. The monoisotopic (exact) mass is 402 g/mol. The molecule has 2 saturated heterocycles. The number of likely N-dealkylation sites (N-methyl/N-ethyl adjacent to an activating group) is 1. The summed E-state index contributed by atoms with van der Waals surface area (Å²) in [6.45, 7) is 12.6. The molecular weight excluding hydrogens is 364 g/mol. The third-order valence-corrected chi connectivity index (χ3v) is 6.97. The molecule has 2 heterocycles. The van der Waals surface area contributed by atoms with Gasteiger partial charge in [0.2, 0.25) is 0 Å². The molecule has 29 heavy (non-hydrogen) atoms. The van der Waals surface area contributed by atoms with Crippen LogP contribution < -0.4 is 4.74 Å². The van der Waals surface area contributed by atoms with Gasteiger partial charge in [-0.1, -0.05) is 26.0 Å². The van der Waals surface area contributed by atoms with Crippen molar-refractivity contribution in [3.05, 3.63) is 29.3 Å². The molecule has 2 aliphatic heterocycles. The van der Waals surface area contributed by atoms with Crippen molar-refractivity contribution in [3.63, 3.8) is 0 Å².